The van der Waals surface area contributed by atoms with Gasteiger partial charge in [-0.05, 0) is 68.6 Å². The van der Waals surface area contributed by atoms with Crippen LogP contribution < -0.4 is 11.3 Å². The fourth-order valence-electron chi connectivity index (χ4n) is 5.26. The number of hydrogen-bond acceptors (Lipinski definition) is 3. The van der Waals surface area contributed by atoms with E-state index >= 15 is 0 Å². The van der Waals surface area contributed by atoms with Crippen molar-refractivity contribution in [3.63, 3.8) is 0 Å². The lowest BCUT2D eigenvalue weighted by Gasteiger charge is -2.49. The van der Waals surface area contributed by atoms with Crippen molar-refractivity contribution in [3.05, 3.63) is 0 Å². The zero-order chi connectivity index (χ0) is 12.2. The fourth-order valence-corrected chi connectivity index (χ4v) is 5.26. The van der Waals surface area contributed by atoms with Gasteiger partial charge < -0.3 is 4.74 Å². The molecule has 3 aliphatic carbocycles. The Hall–Kier alpha value is -0.120. The minimum atomic E-state index is 0.266. The van der Waals surface area contributed by atoms with Gasteiger partial charge >= 0.3 is 0 Å². The highest BCUT2D eigenvalue weighted by molar-refractivity contribution is 5.09. The molecule has 102 valence electrons. The number of hydrazine groups is 1. The van der Waals surface area contributed by atoms with E-state index in [1.807, 2.05) is 0 Å². The fraction of sp³-hybridized carbons (Fsp3) is 1.00. The highest BCUT2D eigenvalue weighted by Gasteiger charge is 2.58. The van der Waals surface area contributed by atoms with Crippen molar-refractivity contribution in [2.24, 2.45) is 29.5 Å². The topological polar surface area (TPSA) is 47.3 Å². The highest BCUT2D eigenvalue weighted by Crippen LogP contribution is 2.61. The van der Waals surface area contributed by atoms with Crippen LogP contribution in [0.25, 0.3) is 0 Å². The van der Waals surface area contributed by atoms with Crippen molar-refractivity contribution < 1.29 is 4.74 Å². The molecule has 1 heterocycles. The van der Waals surface area contributed by atoms with E-state index in [0.717, 1.165) is 30.3 Å². The third kappa shape index (κ3) is 1.67. The third-order valence-electron chi connectivity index (χ3n) is 6.38. The van der Waals surface area contributed by atoms with Crippen molar-refractivity contribution >= 4 is 0 Å². The molecule has 1 spiro atoms. The number of nitrogens with two attached hydrogens (primary N) is 1. The van der Waals surface area contributed by atoms with Gasteiger partial charge in [-0.25, -0.2) is 0 Å². The summed E-state index contributed by atoms with van der Waals surface area (Å²) >= 11 is 0. The zero-order valence-electron chi connectivity index (χ0n) is 11.2. The van der Waals surface area contributed by atoms with Gasteiger partial charge in [-0.2, -0.15) is 0 Å². The van der Waals surface area contributed by atoms with E-state index in [-0.39, 0.29) is 5.60 Å². The van der Waals surface area contributed by atoms with E-state index in [1.165, 1.54) is 51.4 Å². The maximum Gasteiger partial charge on any atom is 0.0685 e. The normalized spacial score (nSPS) is 46.5. The first-order valence-corrected chi connectivity index (χ1v) is 7.93. The molecule has 3 N–H and O–H groups in total. The Bertz CT molecular complexity index is 318. The molecule has 4 rings (SSSR count). The Balaban J connectivity index is 1.44. The molecule has 1 aliphatic heterocycles. The molecule has 4 fully saturated rings. The average molecular weight is 250 g/mol. The molecule has 4 unspecified atom stereocenters. The van der Waals surface area contributed by atoms with Gasteiger partial charge in [0, 0.05) is 12.6 Å². The van der Waals surface area contributed by atoms with Crippen LogP contribution in [0.3, 0.4) is 0 Å². The highest BCUT2D eigenvalue weighted by atomic mass is 16.5. The van der Waals surface area contributed by atoms with Crippen LogP contribution in [0.4, 0.5) is 0 Å². The smallest absolute Gasteiger partial charge is 0.0685 e. The number of hydrogen-bond donors (Lipinski definition) is 2. The van der Waals surface area contributed by atoms with E-state index in [4.69, 9.17) is 10.6 Å². The number of nitrogens with one attached hydrogen (secondary N) is 1. The lowest BCUT2D eigenvalue weighted by molar-refractivity contribution is -0.148. The molecule has 4 atom stereocenters. The van der Waals surface area contributed by atoms with Crippen molar-refractivity contribution in [2.75, 3.05) is 6.61 Å². The van der Waals surface area contributed by atoms with Gasteiger partial charge in [-0.1, -0.05) is 6.42 Å². The third-order valence-corrected chi connectivity index (χ3v) is 6.38. The molecule has 0 amide bonds. The van der Waals surface area contributed by atoms with Gasteiger partial charge in [0.15, 0.2) is 0 Å². The molecule has 4 aliphatic rings. The van der Waals surface area contributed by atoms with Crippen molar-refractivity contribution in [1.82, 2.24) is 5.43 Å². The maximum atomic E-state index is 6.05. The van der Waals surface area contributed by atoms with Crippen molar-refractivity contribution in [3.8, 4) is 0 Å². The maximum absolute atomic E-state index is 6.05. The summed E-state index contributed by atoms with van der Waals surface area (Å²) in [6.07, 6.45) is 10.8. The Labute approximate surface area is 110 Å². The standard InChI is InChI=1S/C15H26N2O/c16-17-14(13-11-3-1-4-12(11)13)10-5-8-18-15(9-10)6-2-7-15/h10-14,17H,1-9,16H2. The van der Waals surface area contributed by atoms with Crippen LogP contribution in [-0.2, 0) is 4.74 Å². The van der Waals surface area contributed by atoms with Crippen LogP contribution in [-0.4, -0.2) is 18.2 Å². The Kier molecular flexibility index (Phi) is 2.72. The SMILES string of the molecule is NNC(C1CCOC2(CCC2)C1)C1C2CCCC21. The first kappa shape index (κ1) is 11.7. The van der Waals surface area contributed by atoms with Crippen LogP contribution in [0.2, 0.25) is 0 Å². The van der Waals surface area contributed by atoms with Crippen LogP contribution in [0, 0.1) is 23.7 Å². The monoisotopic (exact) mass is 250 g/mol. The van der Waals surface area contributed by atoms with E-state index < -0.39 is 0 Å². The lowest BCUT2D eigenvalue weighted by Crippen LogP contribution is -2.52. The van der Waals surface area contributed by atoms with Gasteiger partial charge in [-0.15, -0.1) is 0 Å². The predicted octanol–water partition coefficient (Wildman–Crippen LogP) is 2.21. The molecule has 3 nitrogen and oxygen atoms in total. The second-order valence-electron chi connectivity index (χ2n) is 7.17. The molecular weight excluding hydrogens is 224 g/mol. The summed E-state index contributed by atoms with van der Waals surface area (Å²) in [6, 6.07) is 0.571. The van der Waals surface area contributed by atoms with E-state index in [2.05, 4.69) is 5.43 Å². The molecule has 0 bridgehead atoms. The minimum Gasteiger partial charge on any atom is -0.375 e. The summed E-state index contributed by atoms with van der Waals surface area (Å²) in [5.41, 5.74) is 3.46. The molecular formula is C15H26N2O. The molecule has 1 saturated heterocycles. The zero-order valence-corrected chi connectivity index (χ0v) is 11.2. The van der Waals surface area contributed by atoms with Gasteiger partial charge in [-0.3, -0.25) is 11.3 Å². The van der Waals surface area contributed by atoms with Gasteiger partial charge in [0.05, 0.1) is 5.60 Å². The molecule has 0 aromatic heterocycles. The first-order chi connectivity index (χ1) is 8.83. The van der Waals surface area contributed by atoms with Crippen LogP contribution >= 0.6 is 0 Å². The number of fused-ring (bicyclic) bond motifs is 1. The average Bonchev–Trinajstić information content (AvgIpc) is 2.84. The first-order valence-electron chi connectivity index (χ1n) is 7.93. The van der Waals surface area contributed by atoms with E-state index in [9.17, 15) is 0 Å². The summed E-state index contributed by atoms with van der Waals surface area (Å²) in [5, 5.41) is 0. The van der Waals surface area contributed by atoms with Crippen molar-refractivity contribution in [1.29, 1.82) is 0 Å². The van der Waals surface area contributed by atoms with Crippen molar-refractivity contribution in [2.45, 2.75) is 63.0 Å². The summed E-state index contributed by atoms with van der Waals surface area (Å²) < 4.78 is 6.05. The quantitative estimate of drug-likeness (QED) is 0.596. The number of rotatable bonds is 3. The molecule has 3 saturated carbocycles. The Morgan fingerprint density at radius 2 is 1.89 bits per heavy atom. The second-order valence-corrected chi connectivity index (χ2v) is 7.17. The minimum absolute atomic E-state index is 0.266. The molecule has 0 aromatic carbocycles. The van der Waals surface area contributed by atoms with Gasteiger partial charge in [0.2, 0.25) is 0 Å². The Morgan fingerprint density at radius 3 is 2.50 bits per heavy atom. The summed E-state index contributed by atoms with van der Waals surface area (Å²) in [5.74, 6) is 9.57. The predicted molar refractivity (Wildman–Crippen MR) is 70.7 cm³/mol. The Morgan fingerprint density at radius 1 is 1.11 bits per heavy atom. The molecule has 0 radical (unpaired) electrons. The molecule has 3 heteroatoms. The number of ether oxygens (including phenoxy) is 1. The summed E-state index contributed by atoms with van der Waals surface area (Å²) in [6.45, 7) is 0.963. The second kappa shape index (κ2) is 4.19. The van der Waals surface area contributed by atoms with Crippen LogP contribution in [0.1, 0.15) is 51.4 Å². The van der Waals surface area contributed by atoms with E-state index in [1.54, 1.807) is 0 Å². The molecule has 0 aromatic rings. The molecule has 18 heavy (non-hydrogen) atoms. The van der Waals surface area contributed by atoms with Crippen LogP contribution in [0.5, 0.6) is 0 Å². The van der Waals surface area contributed by atoms with E-state index in [0.29, 0.717) is 6.04 Å². The summed E-state index contributed by atoms with van der Waals surface area (Å²) in [4.78, 5) is 0. The largest absolute Gasteiger partial charge is 0.375 e. The van der Waals surface area contributed by atoms with Gasteiger partial charge in [0.1, 0.15) is 0 Å². The lowest BCUT2D eigenvalue weighted by atomic mass is 9.69. The van der Waals surface area contributed by atoms with Gasteiger partial charge in [0.25, 0.3) is 0 Å². The van der Waals surface area contributed by atoms with Crippen LogP contribution in [0.15, 0.2) is 0 Å². The summed E-state index contributed by atoms with van der Waals surface area (Å²) in [7, 11) is 0.